The summed E-state index contributed by atoms with van der Waals surface area (Å²) in [5, 5.41) is 0. The predicted octanol–water partition coefficient (Wildman–Crippen LogP) is 7.09. The standard InChI is InChI=1S/C37H40N2O6S2/c1-6-38-33-23-22-29(47(43,44)45)26-31(33)37(4,5)34(38)20-12-16-28(27-14-8-7-9-15-27)17-13-21-35-36(2,3)30-18-10-11-19-32(30)39(35)24-25-46(40,41)42/h7-23,26H,6,24-25H2,1-5H3,(H-,40,41,42,43,44,45)/p+1. The van der Waals surface area contributed by atoms with E-state index in [1.807, 2.05) is 116 Å². The van der Waals surface area contributed by atoms with E-state index in [4.69, 9.17) is 0 Å². The SMILES string of the molecule is CCN1/C(=C/C=C/C(=C/C=C/C2=[N+](CCS(=O)(=O)O)c3ccccc3C2(C)C)c2ccccc2)C(C)(C)c2cc(S(=O)(=O)O)ccc21. The summed E-state index contributed by atoms with van der Waals surface area (Å²) in [7, 11) is -8.48. The first kappa shape index (κ1) is 34.3. The van der Waals surface area contributed by atoms with E-state index >= 15 is 0 Å². The predicted molar refractivity (Wildman–Crippen MR) is 189 cm³/mol. The molecule has 0 fully saturated rings. The van der Waals surface area contributed by atoms with E-state index < -0.39 is 31.1 Å². The lowest BCUT2D eigenvalue weighted by Gasteiger charge is -2.25. The van der Waals surface area contributed by atoms with Gasteiger partial charge >= 0.3 is 0 Å². The van der Waals surface area contributed by atoms with Crippen molar-refractivity contribution in [1.82, 2.24) is 0 Å². The number of fused-ring (bicyclic) bond motifs is 2. The number of anilines is 1. The fourth-order valence-electron chi connectivity index (χ4n) is 6.61. The Morgan fingerprint density at radius 2 is 1.53 bits per heavy atom. The second-order valence-electron chi connectivity index (χ2n) is 12.7. The molecule has 0 unspecified atom stereocenters. The molecule has 0 radical (unpaired) electrons. The molecule has 3 aromatic carbocycles. The van der Waals surface area contributed by atoms with Gasteiger partial charge in [-0.3, -0.25) is 9.11 Å². The molecule has 10 heteroatoms. The minimum absolute atomic E-state index is 0.124. The zero-order chi connectivity index (χ0) is 34.2. The van der Waals surface area contributed by atoms with Crippen LogP contribution >= 0.6 is 0 Å². The Morgan fingerprint density at radius 1 is 0.851 bits per heavy atom. The van der Waals surface area contributed by atoms with Crippen LogP contribution in [0.25, 0.3) is 5.57 Å². The number of nitrogens with zero attached hydrogens (tertiary/aromatic N) is 2. The second kappa shape index (κ2) is 12.8. The van der Waals surface area contributed by atoms with E-state index in [0.717, 1.165) is 45.0 Å². The molecule has 8 nitrogen and oxygen atoms in total. The molecule has 0 saturated carbocycles. The number of benzene rings is 3. The molecule has 47 heavy (non-hydrogen) atoms. The Hall–Kier alpha value is -4.09. The molecule has 2 N–H and O–H groups in total. The summed E-state index contributed by atoms with van der Waals surface area (Å²) < 4.78 is 68.2. The Labute approximate surface area is 278 Å². The van der Waals surface area contributed by atoms with Crippen molar-refractivity contribution in [3.05, 3.63) is 132 Å². The van der Waals surface area contributed by atoms with Gasteiger partial charge in [0.15, 0.2) is 12.3 Å². The lowest BCUT2D eigenvalue weighted by molar-refractivity contribution is -0.432. The zero-order valence-corrected chi connectivity index (χ0v) is 28.9. The zero-order valence-electron chi connectivity index (χ0n) is 27.3. The summed E-state index contributed by atoms with van der Waals surface area (Å²) in [6.45, 7) is 11.1. The quantitative estimate of drug-likeness (QED) is 0.134. The Balaban J connectivity index is 1.53. The number of likely N-dealkylation sites (N-methyl/N-ethyl adjacent to an activating group) is 1. The topological polar surface area (TPSA) is 115 Å². The van der Waals surface area contributed by atoms with Crippen LogP contribution in [0.5, 0.6) is 0 Å². The lowest BCUT2D eigenvalue weighted by atomic mass is 9.81. The van der Waals surface area contributed by atoms with Crippen molar-refractivity contribution in [2.45, 2.75) is 50.3 Å². The Bertz CT molecular complexity index is 2070. The minimum atomic E-state index is -4.34. The first-order chi connectivity index (χ1) is 22.1. The van der Waals surface area contributed by atoms with Crippen molar-refractivity contribution in [2.75, 3.05) is 23.7 Å². The average Bonchev–Trinajstić information content (AvgIpc) is 3.36. The van der Waals surface area contributed by atoms with Crippen LogP contribution in [-0.2, 0) is 31.1 Å². The summed E-state index contributed by atoms with van der Waals surface area (Å²) >= 11 is 0. The Morgan fingerprint density at radius 3 is 2.19 bits per heavy atom. The number of allylic oxidation sites excluding steroid dienone is 8. The van der Waals surface area contributed by atoms with Crippen LogP contribution < -0.4 is 4.90 Å². The highest BCUT2D eigenvalue weighted by molar-refractivity contribution is 7.86. The van der Waals surface area contributed by atoms with Crippen LogP contribution in [0.3, 0.4) is 0 Å². The first-order valence-electron chi connectivity index (χ1n) is 15.5. The molecule has 0 aromatic heterocycles. The maximum atomic E-state index is 11.9. The smallest absolute Gasteiger partial charge is 0.294 e. The van der Waals surface area contributed by atoms with Gasteiger partial charge in [-0.15, -0.1) is 0 Å². The number of para-hydroxylation sites is 1. The van der Waals surface area contributed by atoms with Gasteiger partial charge in [0, 0.05) is 41.1 Å². The molecule has 2 aliphatic heterocycles. The number of hydrogen-bond acceptors (Lipinski definition) is 5. The Kier molecular flexibility index (Phi) is 9.36. The van der Waals surface area contributed by atoms with Crippen LogP contribution in [0.2, 0.25) is 0 Å². The van der Waals surface area contributed by atoms with Crippen LogP contribution in [0.15, 0.2) is 120 Å². The highest BCUT2D eigenvalue weighted by Crippen LogP contribution is 2.48. The van der Waals surface area contributed by atoms with E-state index in [0.29, 0.717) is 6.54 Å². The van der Waals surface area contributed by atoms with Gasteiger partial charge in [-0.25, -0.2) is 0 Å². The molecular weight excluding hydrogens is 633 g/mol. The van der Waals surface area contributed by atoms with E-state index in [9.17, 15) is 25.9 Å². The van der Waals surface area contributed by atoms with Crippen LogP contribution in [-0.4, -0.2) is 55.1 Å². The fourth-order valence-corrected chi connectivity index (χ4v) is 7.53. The van der Waals surface area contributed by atoms with Crippen molar-refractivity contribution in [1.29, 1.82) is 0 Å². The maximum Gasteiger partial charge on any atom is 0.294 e. The summed E-state index contributed by atoms with van der Waals surface area (Å²) in [5.41, 5.74) is 6.70. The second-order valence-corrected chi connectivity index (χ2v) is 15.7. The van der Waals surface area contributed by atoms with Gasteiger partial charge in [0.05, 0.1) is 10.3 Å². The number of rotatable bonds is 10. The van der Waals surface area contributed by atoms with Gasteiger partial charge in [-0.1, -0.05) is 86.7 Å². The molecule has 2 aliphatic rings. The normalized spacial score (nSPS) is 18.5. The van der Waals surface area contributed by atoms with Crippen molar-refractivity contribution < 1.29 is 30.5 Å². The molecule has 0 saturated heterocycles. The van der Waals surface area contributed by atoms with Crippen molar-refractivity contribution >= 4 is 42.9 Å². The van der Waals surface area contributed by atoms with Gasteiger partial charge in [-0.2, -0.15) is 21.4 Å². The van der Waals surface area contributed by atoms with E-state index in [-0.39, 0.29) is 17.2 Å². The number of hydrogen-bond donors (Lipinski definition) is 2. The molecule has 0 spiro atoms. The van der Waals surface area contributed by atoms with Crippen molar-refractivity contribution in [3.8, 4) is 0 Å². The third kappa shape index (κ3) is 6.96. The molecular formula is C37H41N2O6S2+. The van der Waals surface area contributed by atoms with Gasteiger partial charge in [0.25, 0.3) is 20.2 Å². The largest absolute Gasteiger partial charge is 0.344 e. The van der Waals surface area contributed by atoms with Gasteiger partial charge < -0.3 is 4.90 Å². The third-order valence-electron chi connectivity index (χ3n) is 9.02. The molecule has 0 aliphatic carbocycles. The van der Waals surface area contributed by atoms with Crippen molar-refractivity contribution in [2.24, 2.45) is 0 Å². The molecule has 0 amide bonds. The van der Waals surface area contributed by atoms with Gasteiger partial charge in [-0.05, 0) is 61.7 Å². The lowest BCUT2D eigenvalue weighted by Crippen LogP contribution is -2.29. The van der Waals surface area contributed by atoms with E-state index in [1.165, 1.54) is 6.07 Å². The molecule has 3 aromatic rings. The fraction of sp³-hybridized carbons (Fsp3) is 0.270. The summed E-state index contributed by atoms with van der Waals surface area (Å²) in [6, 6.07) is 22.6. The highest BCUT2D eigenvalue weighted by Gasteiger charge is 2.44. The minimum Gasteiger partial charge on any atom is -0.344 e. The van der Waals surface area contributed by atoms with Crippen LogP contribution in [0, 0.1) is 0 Å². The molecule has 246 valence electrons. The van der Waals surface area contributed by atoms with Crippen molar-refractivity contribution in [3.63, 3.8) is 0 Å². The van der Waals surface area contributed by atoms with Gasteiger partial charge in [0.2, 0.25) is 5.69 Å². The third-order valence-corrected chi connectivity index (χ3v) is 10.6. The molecule has 0 atom stereocenters. The first-order valence-corrected chi connectivity index (χ1v) is 18.5. The summed E-state index contributed by atoms with van der Waals surface area (Å²) in [6.07, 6.45) is 12.0. The maximum absolute atomic E-state index is 11.9. The monoisotopic (exact) mass is 673 g/mol. The van der Waals surface area contributed by atoms with Crippen LogP contribution in [0.1, 0.15) is 51.3 Å². The van der Waals surface area contributed by atoms with Gasteiger partial charge in [0.1, 0.15) is 5.75 Å². The van der Waals surface area contributed by atoms with Crippen LogP contribution in [0.4, 0.5) is 11.4 Å². The molecule has 5 rings (SSSR count). The summed E-state index contributed by atoms with van der Waals surface area (Å²) in [5.74, 6) is -0.386. The van der Waals surface area contributed by atoms with E-state index in [1.54, 1.807) is 12.1 Å². The highest BCUT2D eigenvalue weighted by atomic mass is 32.2. The molecule has 2 heterocycles. The summed E-state index contributed by atoms with van der Waals surface area (Å²) in [4.78, 5) is 2.03. The molecule has 0 bridgehead atoms. The average molecular weight is 674 g/mol. The van der Waals surface area contributed by atoms with E-state index in [2.05, 4.69) is 18.7 Å².